The Kier molecular flexibility index (Phi) is 6.65. The van der Waals surface area contributed by atoms with Crippen molar-refractivity contribution in [2.75, 3.05) is 0 Å². The summed E-state index contributed by atoms with van der Waals surface area (Å²) in [5.74, 6) is 0.107. The van der Waals surface area contributed by atoms with E-state index in [9.17, 15) is 4.79 Å². The largest absolute Gasteiger partial charge is 0.352 e. The third-order valence-electron chi connectivity index (χ3n) is 3.22. The van der Waals surface area contributed by atoms with Crippen molar-refractivity contribution < 1.29 is 4.79 Å². The zero-order valence-corrected chi connectivity index (χ0v) is 11.7. The molecule has 0 bridgehead atoms. The maximum absolute atomic E-state index is 11.9. The van der Waals surface area contributed by atoms with Gasteiger partial charge in [0.15, 0.2) is 0 Å². The van der Waals surface area contributed by atoms with Gasteiger partial charge in [-0.15, -0.1) is 0 Å². The van der Waals surface area contributed by atoms with Gasteiger partial charge in [-0.25, -0.2) is 0 Å². The van der Waals surface area contributed by atoms with Gasteiger partial charge in [0.05, 0.1) is 6.04 Å². The van der Waals surface area contributed by atoms with Crippen LogP contribution in [0.1, 0.15) is 60.8 Å². The molecule has 3 nitrogen and oxygen atoms in total. The molecule has 96 valence electrons. The fourth-order valence-corrected chi connectivity index (χ4v) is 1.57. The Balaban J connectivity index is 4.18. The topological polar surface area (TPSA) is 41.1 Å². The van der Waals surface area contributed by atoms with E-state index in [-0.39, 0.29) is 17.5 Å². The molecular weight excluding hydrogens is 200 g/mol. The van der Waals surface area contributed by atoms with Gasteiger partial charge in [-0.05, 0) is 40.0 Å². The summed E-state index contributed by atoms with van der Waals surface area (Å²) in [4.78, 5) is 11.9. The van der Waals surface area contributed by atoms with Crippen LogP contribution in [0.3, 0.4) is 0 Å². The van der Waals surface area contributed by atoms with Crippen LogP contribution in [-0.4, -0.2) is 23.5 Å². The smallest absolute Gasteiger partial charge is 0.237 e. The van der Waals surface area contributed by atoms with Gasteiger partial charge in [-0.3, -0.25) is 4.79 Å². The first-order valence-electron chi connectivity index (χ1n) is 6.44. The molecule has 1 atom stereocenters. The van der Waals surface area contributed by atoms with Gasteiger partial charge >= 0.3 is 0 Å². The number of carbonyl (C=O) groups excluding carboxylic acids is 1. The summed E-state index contributed by atoms with van der Waals surface area (Å²) in [6.45, 7) is 12.5. The Hall–Kier alpha value is -0.570. The maximum Gasteiger partial charge on any atom is 0.237 e. The summed E-state index contributed by atoms with van der Waals surface area (Å²) in [5, 5.41) is 6.41. The molecule has 1 amide bonds. The minimum absolute atomic E-state index is 0.0185. The zero-order chi connectivity index (χ0) is 12.8. The molecule has 0 aliphatic rings. The van der Waals surface area contributed by atoms with Crippen LogP contribution in [0.25, 0.3) is 0 Å². The van der Waals surface area contributed by atoms with Gasteiger partial charge in [-0.2, -0.15) is 0 Å². The number of hydrogen-bond donors (Lipinski definition) is 2. The highest BCUT2D eigenvalue weighted by Gasteiger charge is 2.22. The standard InChI is InChI=1S/C13H28N2O/c1-7-11(8-2)14-12(16)10(4)15-13(5,6)9-3/h10-11,15H,7-9H2,1-6H3,(H,14,16). The fraction of sp³-hybridized carbons (Fsp3) is 0.923. The van der Waals surface area contributed by atoms with Crippen molar-refractivity contribution in [2.45, 2.75) is 78.4 Å². The van der Waals surface area contributed by atoms with Crippen LogP contribution < -0.4 is 10.6 Å². The minimum atomic E-state index is -0.129. The van der Waals surface area contributed by atoms with Crippen LogP contribution in [-0.2, 0) is 4.79 Å². The average molecular weight is 228 g/mol. The maximum atomic E-state index is 11.9. The molecule has 0 radical (unpaired) electrons. The number of hydrogen-bond acceptors (Lipinski definition) is 2. The lowest BCUT2D eigenvalue weighted by Crippen LogP contribution is -2.52. The summed E-state index contributed by atoms with van der Waals surface area (Å²) >= 11 is 0. The molecule has 3 heteroatoms. The van der Waals surface area contributed by atoms with Crippen LogP contribution in [0, 0.1) is 0 Å². The van der Waals surface area contributed by atoms with E-state index in [1.165, 1.54) is 0 Å². The van der Waals surface area contributed by atoms with E-state index >= 15 is 0 Å². The van der Waals surface area contributed by atoms with Gasteiger partial charge in [0, 0.05) is 11.6 Å². The van der Waals surface area contributed by atoms with Gasteiger partial charge in [0.1, 0.15) is 0 Å². The minimum Gasteiger partial charge on any atom is -0.352 e. The molecule has 0 aliphatic heterocycles. The quantitative estimate of drug-likeness (QED) is 0.703. The molecule has 0 saturated heterocycles. The highest BCUT2D eigenvalue weighted by Crippen LogP contribution is 2.08. The number of amides is 1. The first-order chi connectivity index (χ1) is 7.36. The third-order valence-corrected chi connectivity index (χ3v) is 3.22. The summed E-state index contributed by atoms with van der Waals surface area (Å²) in [7, 11) is 0. The molecule has 0 aromatic carbocycles. The number of nitrogens with one attached hydrogen (secondary N) is 2. The lowest BCUT2D eigenvalue weighted by atomic mass is 10.0. The Morgan fingerprint density at radius 3 is 2.06 bits per heavy atom. The van der Waals surface area contributed by atoms with E-state index in [1.807, 2.05) is 6.92 Å². The number of carbonyl (C=O) groups is 1. The van der Waals surface area contributed by atoms with Gasteiger partial charge in [0.25, 0.3) is 0 Å². The van der Waals surface area contributed by atoms with Crippen molar-refractivity contribution in [1.29, 1.82) is 0 Å². The molecule has 0 spiro atoms. The molecule has 2 N–H and O–H groups in total. The summed E-state index contributed by atoms with van der Waals surface area (Å²) in [6, 6.07) is 0.178. The van der Waals surface area contributed by atoms with E-state index in [0.717, 1.165) is 19.3 Å². The molecule has 0 rings (SSSR count). The van der Waals surface area contributed by atoms with E-state index in [4.69, 9.17) is 0 Å². The van der Waals surface area contributed by atoms with E-state index in [0.29, 0.717) is 6.04 Å². The number of rotatable bonds is 7. The van der Waals surface area contributed by atoms with Crippen LogP contribution in [0.2, 0.25) is 0 Å². The second-order valence-corrected chi connectivity index (χ2v) is 5.13. The van der Waals surface area contributed by atoms with E-state index in [1.54, 1.807) is 0 Å². The highest BCUT2D eigenvalue weighted by molar-refractivity contribution is 5.81. The first kappa shape index (κ1) is 15.4. The normalized spacial score (nSPS) is 13.9. The zero-order valence-electron chi connectivity index (χ0n) is 11.7. The van der Waals surface area contributed by atoms with Crippen LogP contribution >= 0.6 is 0 Å². The van der Waals surface area contributed by atoms with Crippen molar-refractivity contribution in [3.8, 4) is 0 Å². The molecule has 1 unspecified atom stereocenters. The SMILES string of the molecule is CCC(CC)NC(=O)C(C)NC(C)(C)CC. The van der Waals surface area contributed by atoms with Gasteiger partial charge in [-0.1, -0.05) is 20.8 Å². The van der Waals surface area contributed by atoms with Crippen molar-refractivity contribution in [2.24, 2.45) is 0 Å². The van der Waals surface area contributed by atoms with Gasteiger partial charge < -0.3 is 10.6 Å². The Labute approximate surface area is 100 Å². The Morgan fingerprint density at radius 1 is 1.19 bits per heavy atom. The lowest BCUT2D eigenvalue weighted by Gasteiger charge is -2.29. The Morgan fingerprint density at radius 2 is 1.69 bits per heavy atom. The molecule has 16 heavy (non-hydrogen) atoms. The third kappa shape index (κ3) is 5.50. The van der Waals surface area contributed by atoms with E-state index in [2.05, 4.69) is 45.3 Å². The summed E-state index contributed by atoms with van der Waals surface area (Å²) < 4.78 is 0. The van der Waals surface area contributed by atoms with Crippen molar-refractivity contribution in [3.05, 3.63) is 0 Å². The highest BCUT2D eigenvalue weighted by atomic mass is 16.2. The monoisotopic (exact) mass is 228 g/mol. The predicted octanol–water partition coefficient (Wildman–Crippen LogP) is 2.46. The first-order valence-corrected chi connectivity index (χ1v) is 6.44. The van der Waals surface area contributed by atoms with Crippen molar-refractivity contribution in [1.82, 2.24) is 10.6 Å². The average Bonchev–Trinajstić information content (AvgIpc) is 2.24. The van der Waals surface area contributed by atoms with Crippen LogP contribution in [0.4, 0.5) is 0 Å². The summed E-state index contributed by atoms with van der Waals surface area (Å²) in [6.07, 6.45) is 2.99. The molecular formula is C13H28N2O. The second-order valence-electron chi connectivity index (χ2n) is 5.13. The van der Waals surface area contributed by atoms with Gasteiger partial charge in [0.2, 0.25) is 5.91 Å². The fourth-order valence-electron chi connectivity index (χ4n) is 1.57. The molecule has 0 fully saturated rings. The van der Waals surface area contributed by atoms with Crippen molar-refractivity contribution >= 4 is 5.91 Å². The second kappa shape index (κ2) is 6.89. The van der Waals surface area contributed by atoms with Crippen LogP contribution in [0.15, 0.2) is 0 Å². The van der Waals surface area contributed by atoms with Crippen LogP contribution in [0.5, 0.6) is 0 Å². The lowest BCUT2D eigenvalue weighted by molar-refractivity contribution is -0.124. The van der Waals surface area contributed by atoms with E-state index < -0.39 is 0 Å². The molecule has 0 aromatic heterocycles. The predicted molar refractivity (Wildman–Crippen MR) is 69.5 cm³/mol. The molecule has 0 saturated carbocycles. The molecule has 0 heterocycles. The summed E-state index contributed by atoms with van der Waals surface area (Å²) in [5.41, 5.74) is 0.0185. The van der Waals surface area contributed by atoms with Crippen molar-refractivity contribution in [3.63, 3.8) is 0 Å². The Bertz CT molecular complexity index is 210. The molecule has 0 aliphatic carbocycles. The molecule has 0 aromatic rings.